The van der Waals surface area contributed by atoms with Crippen LogP contribution in [0, 0.1) is 0 Å². The molecular weight excluding hydrogens is 266 g/mol. The average molecular weight is 283 g/mol. The van der Waals surface area contributed by atoms with Crippen molar-refractivity contribution in [3.05, 3.63) is 23.8 Å². The summed E-state index contributed by atoms with van der Waals surface area (Å²) in [6.07, 6.45) is 0.792. The number of carbonyl (C=O) groups excluding carboxylic acids is 1. The predicted octanol–water partition coefficient (Wildman–Crippen LogP) is 1.26. The maximum absolute atomic E-state index is 11.9. The smallest absolute Gasteiger partial charge is 0.251 e. The molecule has 0 radical (unpaired) electrons. The van der Waals surface area contributed by atoms with Gasteiger partial charge in [0.05, 0.1) is 0 Å². The minimum atomic E-state index is -0.110. The molecule has 0 fully saturated rings. The zero-order valence-corrected chi connectivity index (χ0v) is 11.4. The van der Waals surface area contributed by atoms with Gasteiger partial charge in [-0.2, -0.15) is 11.8 Å². The number of fused-ring (bicyclic) bond motifs is 1. The number of benzene rings is 1. The van der Waals surface area contributed by atoms with Crippen LogP contribution in [0.4, 0.5) is 0 Å². The molecule has 1 amide bonds. The van der Waals surface area contributed by atoms with Gasteiger partial charge in [0.2, 0.25) is 6.79 Å². The standard InChI is InChI=1S/C13H17NO4S/c15-5-1-6-19-7-4-14-13(16)10-2-3-11-12(8-10)18-9-17-11/h2-3,8,15H,1,4-7,9H2,(H,14,16). The molecule has 0 atom stereocenters. The topological polar surface area (TPSA) is 67.8 Å². The minimum absolute atomic E-state index is 0.110. The maximum atomic E-state index is 11.9. The lowest BCUT2D eigenvalue weighted by atomic mass is 10.2. The molecule has 5 nitrogen and oxygen atoms in total. The van der Waals surface area contributed by atoms with Crippen LogP contribution in [0.5, 0.6) is 11.5 Å². The normalized spacial score (nSPS) is 12.5. The number of rotatable bonds is 7. The van der Waals surface area contributed by atoms with Crippen LogP contribution in [0.1, 0.15) is 16.8 Å². The first-order valence-corrected chi connectivity index (χ1v) is 7.33. The summed E-state index contributed by atoms with van der Waals surface area (Å²) in [5.41, 5.74) is 0.574. The van der Waals surface area contributed by atoms with E-state index in [9.17, 15) is 4.79 Å². The van der Waals surface area contributed by atoms with Crippen molar-refractivity contribution >= 4 is 17.7 Å². The fourth-order valence-corrected chi connectivity index (χ4v) is 2.43. The van der Waals surface area contributed by atoms with Crippen LogP contribution in [0.25, 0.3) is 0 Å². The fraction of sp³-hybridized carbons (Fsp3) is 0.462. The molecule has 0 spiro atoms. The van der Waals surface area contributed by atoms with E-state index in [1.165, 1.54) is 0 Å². The Morgan fingerprint density at radius 1 is 1.32 bits per heavy atom. The van der Waals surface area contributed by atoms with Crippen LogP contribution < -0.4 is 14.8 Å². The van der Waals surface area contributed by atoms with Gasteiger partial charge in [0.1, 0.15) is 0 Å². The van der Waals surface area contributed by atoms with Crippen LogP contribution in [0.15, 0.2) is 18.2 Å². The van der Waals surface area contributed by atoms with Crippen LogP contribution in [0.2, 0.25) is 0 Å². The number of carbonyl (C=O) groups is 1. The zero-order valence-electron chi connectivity index (χ0n) is 10.6. The molecule has 1 heterocycles. The summed E-state index contributed by atoms with van der Waals surface area (Å²) in [7, 11) is 0. The molecule has 0 bridgehead atoms. The molecule has 1 aliphatic rings. The number of hydrogen-bond acceptors (Lipinski definition) is 5. The van der Waals surface area contributed by atoms with E-state index in [0.29, 0.717) is 23.6 Å². The van der Waals surface area contributed by atoms with Crippen molar-refractivity contribution < 1.29 is 19.4 Å². The Labute approximate surface area is 116 Å². The minimum Gasteiger partial charge on any atom is -0.454 e. The van der Waals surface area contributed by atoms with Gasteiger partial charge >= 0.3 is 0 Å². The summed E-state index contributed by atoms with van der Waals surface area (Å²) in [5.74, 6) is 2.94. The van der Waals surface area contributed by atoms with Gasteiger partial charge < -0.3 is 19.9 Å². The second-order valence-corrected chi connectivity index (χ2v) is 5.24. The Hall–Kier alpha value is -1.40. The van der Waals surface area contributed by atoms with Crippen LogP contribution >= 0.6 is 11.8 Å². The highest BCUT2D eigenvalue weighted by molar-refractivity contribution is 7.99. The van der Waals surface area contributed by atoms with Gasteiger partial charge in [-0.15, -0.1) is 0 Å². The molecule has 0 aromatic heterocycles. The number of aliphatic hydroxyl groups is 1. The molecule has 6 heteroatoms. The van der Waals surface area contributed by atoms with Gasteiger partial charge in [-0.1, -0.05) is 0 Å². The maximum Gasteiger partial charge on any atom is 0.251 e. The molecule has 0 aliphatic carbocycles. The van der Waals surface area contributed by atoms with E-state index in [0.717, 1.165) is 17.9 Å². The van der Waals surface area contributed by atoms with Crippen molar-refractivity contribution in [1.29, 1.82) is 0 Å². The zero-order chi connectivity index (χ0) is 13.5. The van der Waals surface area contributed by atoms with Gasteiger partial charge in [-0.3, -0.25) is 4.79 Å². The third-order valence-electron chi connectivity index (χ3n) is 2.61. The largest absolute Gasteiger partial charge is 0.454 e. The third kappa shape index (κ3) is 4.04. The number of nitrogens with one attached hydrogen (secondary N) is 1. The molecule has 0 unspecified atom stereocenters. The van der Waals surface area contributed by atoms with E-state index >= 15 is 0 Å². The average Bonchev–Trinajstić information content (AvgIpc) is 2.89. The first kappa shape index (κ1) is 14.0. The van der Waals surface area contributed by atoms with E-state index in [-0.39, 0.29) is 19.3 Å². The van der Waals surface area contributed by atoms with Gasteiger partial charge in [-0.05, 0) is 30.4 Å². The highest BCUT2D eigenvalue weighted by Gasteiger charge is 2.15. The SMILES string of the molecule is O=C(NCCSCCCO)c1ccc2c(c1)OCO2. The molecule has 19 heavy (non-hydrogen) atoms. The third-order valence-corrected chi connectivity index (χ3v) is 3.68. The van der Waals surface area contributed by atoms with Gasteiger partial charge in [-0.25, -0.2) is 0 Å². The first-order valence-electron chi connectivity index (χ1n) is 6.17. The summed E-state index contributed by atoms with van der Waals surface area (Å²) in [6.45, 7) is 1.04. The Kier molecular flexibility index (Phi) is 5.35. The molecule has 1 aromatic carbocycles. The number of ether oxygens (including phenoxy) is 2. The van der Waals surface area contributed by atoms with Gasteiger partial charge in [0, 0.05) is 24.5 Å². The molecule has 0 saturated heterocycles. The van der Waals surface area contributed by atoms with E-state index in [4.69, 9.17) is 14.6 Å². The second-order valence-electron chi connectivity index (χ2n) is 4.01. The lowest BCUT2D eigenvalue weighted by Crippen LogP contribution is -2.25. The Morgan fingerprint density at radius 3 is 3.00 bits per heavy atom. The van der Waals surface area contributed by atoms with Crippen LogP contribution in [-0.4, -0.2) is 42.5 Å². The lowest BCUT2D eigenvalue weighted by molar-refractivity contribution is 0.0955. The van der Waals surface area contributed by atoms with Crippen molar-refractivity contribution in [1.82, 2.24) is 5.32 Å². The molecule has 1 aromatic rings. The van der Waals surface area contributed by atoms with Crippen LogP contribution in [-0.2, 0) is 0 Å². The Bertz CT molecular complexity index is 439. The van der Waals surface area contributed by atoms with Gasteiger partial charge in [0.15, 0.2) is 11.5 Å². The van der Waals surface area contributed by atoms with E-state index in [1.807, 2.05) is 0 Å². The monoisotopic (exact) mass is 283 g/mol. The second kappa shape index (κ2) is 7.25. The van der Waals surface area contributed by atoms with E-state index < -0.39 is 0 Å². The van der Waals surface area contributed by atoms with Gasteiger partial charge in [0.25, 0.3) is 5.91 Å². The summed E-state index contributed by atoms with van der Waals surface area (Å²) in [6, 6.07) is 5.16. The number of amides is 1. The van der Waals surface area contributed by atoms with E-state index in [2.05, 4.69) is 5.32 Å². The molecule has 104 valence electrons. The van der Waals surface area contributed by atoms with Crippen molar-refractivity contribution in [2.24, 2.45) is 0 Å². The summed E-state index contributed by atoms with van der Waals surface area (Å²) in [4.78, 5) is 11.9. The molecular formula is C13H17NO4S. The van der Waals surface area contributed by atoms with E-state index in [1.54, 1.807) is 30.0 Å². The first-order chi connectivity index (χ1) is 9.31. The predicted molar refractivity (Wildman–Crippen MR) is 73.9 cm³/mol. The number of aliphatic hydroxyl groups excluding tert-OH is 1. The number of thioether (sulfide) groups is 1. The summed E-state index contributed by atoms with van der Waals surface area (Å²) >= 11 is 1.72. The molecule has 0 saturated carbocycles. The number of hydrogen-bond donors (Lipinski definition) is 2. The van der Waals surface area contributed by atoms with Crippen molar-refractivity contribution in [2.45, 2.75) is 6.42 Å². The fourth-order valence-electron chi connectivity index (χ4n) is 1.65. The lowest BCUT2D eigenvalue weighted by Gasteiger charge is -2.05. The summed E-state index contributed by atoms with van der Waals surface area (Å²) < 4.78 is 10.4. The van der Waals surface area contributed by atoms with Crippen molar-refractivity contribution in [3.8, 4) is 11.5 Å². The highest BCUT2D eigenvalue weighted by Crippen LogP contribution is 2.32. The molecule has 2 rings (SSSR count). The van der Waals surface area contributed by atoms with Crippen molar-refractivity contribution in [3.63, 3.8) is 0 Å². The molecule has 1 aliphatic heterocycles. The van der Waals surface area contributed by atoms with Crippen molar-refractivity contribution in [2.75, 3.05) is 31.5 Å². The highest BCUT2D eigenvalue weighted by atomic mass is 32.2. The summed E-state index contributed by atoms with van der Waals surface area (Å²) in [5, 5.41) is 11.5. The quantitative estimate of drug-likeness (QED) is 0.737. The van der Waals surface area contributed by atoms with Crippen LogP contribution in [0.3, 0.4) is 0 Å². The Balaban J connectivity index is 1.74. The Morgan fingerprint density at radius 2 is 2.16 bits per heavy atom. The molecule has 2 N–H and O–H groups in total.